The number of thioether (sulfide) groups is 1. The molecule has 7 nitrogen and oxygen atoms in total. The van der Waals surface area contributed by atoms with Crippen LogP contribution in [0.4, 0.5) is 4.79 Å². The Morgan fingerprint density at radius 1 is 1.03 bits per heavy atom. The second-order valence-corrected chi connectivity index (χ2v) is 8.58. The van der Waals surface area contributed by atoms with Crippen LogP contribution in [0.3, 0.4) is 0 Å². The lowest BCUT2D eigenvalue weighted by Gasteiger charge is -2.08. The highest BCUT2D eigenvalue weighted by Crippen LogP contribution is 2.24. The van der Waals surface area contributed by atoms with Gasteiger partial charge in [0.05, 0.1) is 11.0 Å². The number of rotatable bonds is 9. The fourth-order valence-corrected chi connectivity index (χ4v) is 4.15. The number of nitrogens with zero attached hydrogens (tertiary/aromatic N) is 2. The van der Waals surface area contributed by atoms with E-state index in [4.69, 9.17) is 9.57 Å². The van der Waals surface area contributed by atoms with Crippen LogP contribution >= 0.6 is 11.8 Å². The first kappa shape index (κ1) is 22.5. The third kappa shape index (κ3) is 6.20. The number of carbonyl (C=O) groups is 2. The number of oxime groups is 1. The van der Waals surface area contributed by atoms with Crippen LogP contribution in [-0.4, -0.2) is 40.3 Å². The molecule has 1 aromatic heterocycles. The van der Waals surface area contributed by atoms with Gasteiger partial charge in [0.2, 0.25) is 5.91 Å². The van der Waals surface area contributed by atoms with Crippen LogP contribution in [-0.2, 0) is 16.1 Å². The standard InChI is InChI=1S/C25H23N3O4S/c1-17(19-6-8-20(9-7-19)21-3-2-12-26-16-21)28-32-14-13-31-22-10-4-18(5-11-22)15-23-24(29)27-25(30)33-23/h2-12,16,23H,13-15H2,1H3,(H,27,29,30)/b28-17-. The second kappa shape index (κ2) is 10.8. The van der Waals surface area contributed by atoms with E-state index >= 15 is 0 Å². The molecule has 2 aromatic carbocycles. The molecule has 1 unspecified atom stereocenters. The van der Waals surface area contributed by atoms with Gasteiger partial charge in [0.25, 0.3) is 5.24 Å². The van der Waals surface area contributed by atoms with Gasteiger partial charge in [0.1, 0.15) is 12.4 Å². The molecule has 2 heterocycles. The van der Waals surface area contributed by atoms with Crippen LogP contribution in [0, 0.1) is 0 Å². The van der Waals surface area contributed by atoms with Gasteiger partial charge in [-0.25, -0.2) is 0 Å². The van der Waals surface area contributed by atoms with E-state index < -0.39 is 0 Å². The van der Waals surface area contributed by atoms with Crippen LogP contribution < -0.4 is 10.1 Å². The molecule has 1 fully saturated rings. The summed E-state index contributed by atoms with van der Waals surface area (Å²) in [6.45, 7) is 2.56. The molecule has 1 N–H and O–H groups in total. The van der Waals surface area contributed by atoms with Crippen molar-refractivity contribution in [3.8, 4) is 16.9 Å². The summed E-state index contributed by atoms with van der Waals surface area (Å²) < 4.78 is 5.68. The van der Waals surface area contributed by atoms with E-state index in [0.29, 0.717) is 25.4 Å². The molecule has 0 bridgehead atoms. The number of imide groups is 1. The molecule has 168 valence electrons. The van der Waals surface area contributed by atoms with Gasteiger partial charge in [0, 0.05) is 12.4 Å². The highest BCUT2D eigenvalue weighted by molar-refractivity contribution is 8.15. The fraction of sp³-hybridized carbons (Fsp3) is 0.200. The van der Waals surface area contributed by atoms with E-state index in [0.717, 1.165) is 39.7 Å². The first-order valence-electron chi connectivity index (χ1n) is 10.5. The SMILES string of the molecule is C/C(=N/OCCOc1ccc(CC2SC(=O)NC2=O)cc1)c1ccc(-c2cccnc2)cc1. The average molecular weight is 462 g/mol. The van der Waals surface area contributed by atoms with E-state index in [2.05, 4.69) is 15.5 Å². The zero-order valence-electron chi connectivity index (χ0n) is 18.1. The summed E-state index contributed by atoms with van der Waals surface area (Å²) in [5.41, 5.74) is 4.90. The minimum Gasteiger partial charge on any atom is -0.490 e. The van der Waals surface area contributed by atoms with Gasteiger partial charge in [-0.3, -0.25) is 19.9 Å². The number of pyridine rings is 1. The topological polar surface area (TPSA) is 89.9 Å². The molecule has 0 saturated carbocycles. The molecule has 1 aliphatic heterocycles. The number of aromatic nitrogens is 1. The summed E-state index contributed by atoms with van der Waals surface area (Å²) >= 11 is 1.03. The van der Waals surface area contributed by atoms with Crippen LogP contribution in [0.5, 0.6) is 5.75 Å². The second-order valence-electron chi connectivity index (χ2n) is 7.41. The summed E-state index contributed by atoms with van der Waals surface area (Å²) in [4.78, 5) is 32.5. The largest absolute Gasteiger partial charge is 0.490 e. The van der Waals surface area contributed by atoms with E-state index in [9.17, 15) is 9.59 Å². The molecular formula is C25H23N3O4S. The van der Waals surface area contributed by atoms with E-state index in [1.807, 2.05) is 73.8 Å². The van der Waals surface area contributed by atoms with E-state index in [1.165, 1.54) is 0 Å². The van der Waals surface area contributed by atoms with Crippen LogP contribution in [0.25, 0.3) is 11.1 Å². The van der Waals surface area contributed by atoms with Crippen molar-refractivity contribution in [1.82, 2.24) is 10.3 Å². The smallest absolute Gasteiger partial charge is 0.286 e. The summed E-state index contributed by atoms with van der Waals surface area (Å²) in [6, 6.07) is 19.5. The lowest BCUT2D eigenvalue weighted by molar-refractivity contribution is -0.118. The minimum absolute atomic E-state index is 0.234. The van der Waals surface area contributed by atoms with Crippen molar-refractivity contribution in [2.75, 3.05) is 13.2 Å². The quantitative estimate of drug-likeness (QED) is 0.287. The number of benzene rings is 2. The van der Waals surface area contributed by atoms with Crippen LogP contribution in [0.2, 0.25) is 0 Å². The zero-order valence-corrected chi connectivity index (χ0v) is 18.9. The Hall–Kier alpha value is -3.65. The highest BCUT2D eigenvalue weighted by atomic mass is 32.2. The molecule has 1 saturated heterocycles. The number of hydrogen-bond donors (Lipinski definition) is 1. The molecule has 8 heteroatoms. The predicted molar refractivity (Wildman–Crippen MR) is 128 cm³/mol. The van der Waals surface area contributed by atoms with Gasteiger partial charge < -0.3 is 9.57 Å². The van der Waals surface area contributed by atoms with E-state index in [-0.39, 0.29) is 16.4 Å². The number of hydrogen-bond acceptors (Lipinski definition) is 7. The molecular weight excluding hydrogens is 438 g/mol. The predicted octanol–water partition coefficient (Wildman–Crippen LogP) is 4.46. The summed E-state index contributed by atoms with van der Waals surface area (Å²) in [6.07, 6.45) is 4.09. The molecule has 0 radical (unpaired) electrons. The first-order valence-corrected chi connectivity index (χ1v) is 11.4. The Labute approximate surface area is 196 Å². The van der Waals surface area contributed by atoms with Crippen molar-refractivity contribution >= 4 is 28.6 Å². The number of amides is 2. The van der Waals surface area contributed by atoms with Gasteiger partial charge >= 0.3 is 0 Å². The average Bonchev–Trinajstić information content (AvgIpc) is 3.16. The van der Waals surface area contributed by atoms with Gasteiger partial charge in [0.15, 0.2) is 6.61 Å². The van der Waals surface area contributed by atoms with Crippen molar-refractivity contribution in [2.24, 2.45) is 5.16 Å². The highest BCUT2D eigenvalue weighted by Gasteiger charge is 2.31. The van der Waals surface area contributed by atoms with Crippen molar-refractivity contribution in [3.63, 3.8) is 0 Å². The number of nitrogens with one attached hydrogen (secondary N) is 1. The molecule has 1 aliphatic rings. The summed E-state index contributed by atoms with van der Waals surface area (Å²) in [5.74, 6) is 0.469. The normalized spacial score (nSPS) is 15.9. The van der Waals surface area contributed by atoms with Gasteiger partial charge in [-0.05, 0) is 53.8 Å². The van der Waals surface area contributed by atoms with Crippen molar-refractivity contribution in [3.05, 3.63) is 84.2 Å². The Bertz CT molecular complexity index is 1130. The summed E-state index contributed by atoms with van der Waals surface area (Å²) in [5, 5.41) is 5.81. The van der Waals surface area contributed by atoms with Crippen LogP contribution in [0.15, 0.2) is 78.2 Å². The molecule has 0 spiro atoms. The lowest BCUT2D eigenvalue weighted by atomic mass is 10.0. The minimum atomic E-state index is -0.370. The third-order valence-corrected chi connectivity index (χ3v) is 6.04. The molecule has 2 amide bonds. The maximum Gasteiger partial charge on any atom is 0.286 e. The number of carbonyl (C=O) groups excluding carboxylic acids is 2. The van der Waals surface area contributed by atoms with Gasteiger partial charge in [-0.1, -0.05) is 59.4 Å². The lowest BCUT2D eigenvalue weighted by Crippen LogP contribution is -2.25. The van der Waals surface area contributed by atoms with Crippen LogP contribution in [0.1, 0.15) is 18.1 Å². The van der Waals surface area contributed by atoms with Gasteiger partial charge in [-0.15, -0.1) is 0 Å². The fourth-order valence-electron chi connectivity index (χ4n) is 3.29. The Balaban J connectivity index is 1.20. The Morgan fingerprint density at radius 2 is 1.82 bits per heavy atom. The summed E-state index contributed by atoms with van der Waals surface area (Å²) in [7, 11) is 0. The first-order chi connectivity index (χ1) is 16.1. The van der Waals surface area contributed by atoms with Gasteiger partial charge in [-0.2, -0.15) is 0 Å². The number of ether oxygens (including phenoxy) is 1. The monoisotopic (exact) mass is 461 g/mol. The molecule has 3 aromatic rings. The maximum atomic E-state index is 11.7. The molecule has 4 rings (SSSR count). The Morgan fingerprint density at radius 3 is 2.48 bits per heavy atom. The molecule has 33 heavy (non-hydrogen) atoms. The molecule has 1 atom stereocenters. The van der Waals surface area contributed by atoms with Crippen molar-refractivity contribution in [2.45, 2.75) is 18.6 Å². The molecule has 0 aliphatic carbocycles. The Kier molecular flexibility index (Phi) is 7.36. The third-order valence-electron chi connectivity index (χ3n) is 5.05. The zero-order chi connectivity index (χ0) is 23.0. The van der Waals surface area contributed by atoms with E-state index in [1.54, 1.807) is 6.20 Å². The maximum absolute atomic E-state index is 11.7. The van der Waals surface area contributed by atoms with Crippen molar-refractivity contribution in [1.29, 1.82) is 0 Å². The van der Waals surface area contributed by atoms with Crippen molar-refractivity contribution < 1.29 is 19.2 Å².